The number of nitrogens with one attached hydrogen (secondary N) is 1. The highest BCUT2D eigenvalue weighted by atomic mass is 32.2. The lowest BCUT2D eigenvalue weighted by atomic mass is 10.1. The summed E-state index contributed by atoms with van der Waals surface area (Å²) in [6.45, 7) is 3.86. The lowest BCUT2D eigenvalue weighted by Crippen LogP contribution is -2.23. The van der Waals surface area contributed by atoms with Crippen LogP contribution in [-0.2, 0) is 18.3 Å². The van der Waals surface area contributed by atoms with Gasteiger partial charge in [0.25, 0.3) is 0 Å². The Morgan fingerprint density at radius 2 is 1.81 bits per heavy atom. The molecule has 1 N–H and O–H groups in total. The maximum absolute atomic E-state index is 12.5. The smallest absolute Gasteiger partial charge is 0.237 e. The zero-order valence-electron chi connectivity index (χ0n) is 15.1. The van der Waals surface area contributed by atoms with Gasteiger partial charge in [0.1, 0.15) is 5.82 Å². The van der Waals surface area contributed by atoms with Crippen LogP contribution in [0.4, 0.5) is 5.69 Å². The fourth-order valence-corrected chi connectivity index (χ4v) is 3.37. The third kappa shape index (κ3) is 4.32. The summed E-state index contributed by atoms with van der Waals surface area (Å²) < 4.78 is 1.95. The van der Waals surface area contributed by atoms with E-state index in [9.17, 15) is 4.79 Å². The second-order valence-corrected chi connectivity index (χ2v) is 7.49. The molecule has 0 saturated heterocycles. The fourth-order valence-electron chi connectivity index (χ4n) is 2.54. The van der Waals surface area contributed by atoms with Gasteiger partial charge in [-0.3, -0.25) is 4.79 Å². The first-order chi connectivity index (χ1) is 12.5. The molecule has 1 unspecified atom stereocenters. The third-order valence-corrected chi connectivity index (χ3v) is 5.32. The highest BCUT2D eigenvalue weighted by molar-refractivity contribution is 8.00. The molecule has 0 saturated carbocycles. The van der Waals surface area contributed by atoms with Crippen molar-refractivity contribution < 1.29 is 4.79 Å². The van der Waals surface area contributed by atoms with Gasteiger partial charge in [0.2, 0.25) is 5.91 Å². The predicted molar refractivity (Wildman–Crippen MR) is 105 cm³/mol. The summed E-state index contributed by atoms with van der Waals surface area (Å²) in [4.78, 5) is 12.5. The van der Waals surface area contributed by atoms with Crippen molar-refractivity contribution in [1.82, 2.24) is 14.8 Å². The standard InChI is InChI=1S/C20H22N4OS/c1-14-9-7-8-12-17(14)21-19(25)15(2)26-20-23-22-18(24(20)3)13-16-10-5-4-6-11-16/h4-12,15H,13H2,1-3H3,(H,21,25). The van der Waals surface area contributed by atoms with Gasteiger partial charge < -0.3 is 9.88 Å². The van der Waals surface area contributed by atoms with E-state index in [1.807, 2.05) is 67.9 Å². The van der Waals surface area contributed by atoms with Crippen LogP contribution in [-0.4, -0.2) is 25.9 Å². The van der Waals surface area contributed by atoms with Crippen LogP contribution in [0.15, 0.2) is 59.8 Å². The molecule has 0 radical (unpaired) electrons. The number of aryl methyl sites for hydroxylation is 1. The molecule has 1 atom stereocenters. The van der Waals surface area contributed by atoms with Gasteiger partial charge in [0, 0.05) is 19.2 Å². The highest BCUT2D eigenvalue weighted by Gasteiger charge is 2.19. The molecule has 26 heavy (non-hydrogen) atoms. The Labute approximate surface area is 157 Å². The normalized spacial score (nSPS) is 12.0. The lowest BCUT2D eigenvalue weighted by Gasteiger charge is -2.13. The van der Waals surface area contributed by atoms with E-state index >= 15 is 0 Å². The lowest BCUT2D eigenvalue weighted by molar-refractivity contribution is -0.115. The number of rotatable bonds is 6. The summed E-state index contributed by atoms with van der Waals surface area (Å²) in [5, 5.41) is 12.0. The number of carbonyl (C=O) groups is 1. The molecule has 2 aromatic carbocycles. The molecule has 1 amide bonds. The van der Waals surface area contributed by atoms with E-state index < -0.39 is 0 Å². The molecule has 5 nitrogen and oxygen atoms in total. The first-order valence-corrected chi connectivity index (χ1v) is 9.38. The Morgan fingerprint density at radius 1 is 1.12 bits per heavy atom. The average molecular weight is 366 g/mol. The van der Waals surface area contributed by atoms with Crippen LogP contribution in [0.2, 0.25) is 0 Å². The minimum Gasteiger partial charge on any atom is -0.325 e. The summed E-state index contributed by atoms with van der Waals surface area (Å²) in [6, 6.07) is 17.9. The maximum atomic E-state index is 12.5. The van der Waals surface area contributed by atoms with Gasteiger partial charge in [-0.2, -0.15) is 0 Å². The SMILES string of the molecule is Cc1ccccc1NC(=O)C(C)Sc1nnc(Cc2ccccc2)n1C. The van der Waals surface area contributed by atoms with E-state index in [1.54, 1.807) is 0 Å². The number of aromatic nitrogens is 3. The number of thioether (sulfide) groups is 1. The zero-order valence-corrected chi connectivity index (χ0v) is 16.0. The summed E-state index contributed by atoms with van der Waals surface area (Å²) in [6.07, 6.45) is 0.717. The molecule has 1 aromatic heterocycles. The number of para-hydroxylation sites is 1. The minimum atomic E-state index is -0.276. The molecular formula is C20H22N4OS. The zero-order chi connectivity index (χ0) is 18.5. The fraction of sp³-hybridized carbons (Fsp3) is 0.250. The van der Waals surface area contributed by atoms with Crippen LogP contribution in [0.5, 0.6) is 0 Å². The Bertz CT molecular complexity index is 892. The van der Waals surface area contributed by atoms with Crippen molar-refractivity contribution in [1.29, 1.82) is 0 Å². The third-order valence-electron chi connectivity index (χ3n) is 4.18. The Balaban J connectivity index is 1.65. The van der Waals surface area contributed by atoms with Crippen LogP contribution in [0.3, 0.4) is 0 Å². The number of nitrogens with zero attached hydrogens (tertiary/aromatic N) is 3. The van der Waals surface area contributed by atoms with Crippen LogP contribution >= 0.6 is 11.8 Å². The molecule has 0 aliphatic heterocycles. The van der Waals surface area contributed by atoms with Crippen LogP contribution in [0.25, 0.3) is 0 Å². The summed E-state index contributed by atoms with van der Waals surface area (Å²) in [5.74, 6) is 0.835. The second-order valence-electron chi connectivity index (χ2n) is 6.18. The van der Waals surface area contributed by atoms with E-state index in [4.69, 9.17) is 0 Å². The van der Waals surface area contributed by atoms with Crippen LogP contribution in [0.1, 0.15) is 23.9 Å². The first kappa shape index (κ1) is 18.2. The largest absolute Gasteiger partial charge is 0.325 e. The highest BCUT2D eigenvalue weighted by Crippen LogP contribution is 2.24. The topological polar surface area (TPSA) is 59.8 Å². The van der Waals surface area contributed by atoms with Crippen molar-refractivity contribution in [3.8, 4) is 0 Å². The Hall–Kier alpha value is -2.60. The van der Waals surface area contributed by atoms with E-state index in [-0.39, 0.29) is 11.2 Å². The number of benzene rings is 2. The van der Waals surface area contributed by atoms with Gasteiger partial charge in [0.15, 0.2) is 5.16 Å². The molecule has 0 aliphatic rings. The number of hydrogen-bond donors (Lipinski definition) is 1. The van der Waals surface area contributed by atoms with E-state index in [1.165, 1.54) is 17.3 Å². The molecule has 0 bridgehead atoms. The van der Waals surface area contributed by atoms with E-state index in [0.717, 1.165) is 22.2 Å². The quantitative estimate of drug-likeness (QED) is 0.674. The van der Waals surface area contributed by atoms with E-state index in [0.29, 0.717) is 6.42 Å². The second kappa shape index (κ2) is 8.19. The van der Waals surface area contributed by atoms with E-state index in [2.05, 4.69) is 27.6 Å². The predicted octanol–water partition coefficient (Wildman–Crippen LogP) is 3.83. The van der Waals surface area contributed by atoms with Crippen molar-refractivity contribution in [3.05, 3.63) is 71.5 Å². The van der Waals surface area contributed by atoms with Crippen LogP contribution < -0.4 is 5.32 Å². The molecule has 0 fully saturated rings. The average Bonchev–Trinajstić information content (AvgIpc) is 2.98. The summed E-state index contributed by atoms with van der Waals surface area (Å²) >= 11 is 1.41. The van der Waals surface area contributed by atoms with Gasteiger partial charge in [-0.05, 0) is 31.0 Å². The van der Waals surface area contributed by atoms with Crippen LogP contribution in [0, 0.1) is 6.92 Å². The number of hydrogen-bond acceptors (Lipinski definition) is 4. The number of carbonyl (C=O) groups excluding carboxylic acids is 1. The first-order valence-electron chi connectivity index (χ1n) is 8.50. The van der Waals surface area contributed by atoms with Gasteiger partial charge in [-0.15, -0.1) is 10.2 Å². The Kier molecular flexibility index (Phi) is 5.73. The maximum Gasteiger partial charge on any atom is 0.237 e. The van der Waals surface area contributed by atoms with Crippen molar-refractivity contribution in [2.45, 2.75) is 30.7 Å². The molecular weight excluding hydrogens is 344 g/mol. The molecule has 3 aromatic rings. The van der Waals surface area contributed by atoms with Gasteiger partial charge in [-0.1, -0.05) is 60.3 Å². The number of amides is 1. The van der Waals surface area contributed by atoms with Crippen molar-refractivity contribution in [3.63, 3.8) is 0 Å². The molecule has 0 spiro atoms. The minimum absolute atomic E-state index is 0.0445. The number of anilines is 1. The monoisotopic (exact) mass is 366 g/mol. The molecule has 134 valence electrons. The molecule has 3 rings (SSSR count). The summed E-state index contributed by atoms with van der Waals surface area (Å²) in [7, 11) is 1.94. The summed E-state index contributed by atoms with van der Waals surface area (Å²) in [5.41, 5.74) is 3.07. The van der Waals surface area contributed by atoms with Crippen molar-refractivity contribution >= 4 is 23.4 Å². The van der Waals surface area contributed by atoms with Gasteiger partial charge in [0.05, 0.1) is 5.25 Å². The van der Waals surface area contributed by atoms with Crippen molar-refractivity contribution in [2.24, 2.45) is 7.05 Å². The molecule has 0 aliphatic carbocycles. The molecule has 6 heteroatoms. The Morgan fingerprint density at radius 3 is 2.54 bits per heavy atom. The van der Waals surface area contributed by atoms with Gasteiger partial charge in [-0.25, -0.2) is 0 Å². The van der Waals surface area contributed by atoms with Crippen molar-refractivity contribution in [2.75, 3.05) is 5.32 Å². The van der Waals surface area contributed by atoms with Gasteiger partial charge >= 0.3 is 0 Å². The molecule has 1 heterocycles.